The Kier molecular flexibility index (Phi) is 3.71. The second-order valence-electron chi connectivity index (χ2n) is 3.69. The van der Waals surface area contributed by atoms with E-state index in [4.69, 9.17) is 4.74 Å². The molecule has 0 heterocycles. The maximum Gasteiger partial charge on any atom is 0.123 e. The molecule has 4 nitrogen and oxygen atoms in total. The lowest BCUT2D eigenvalue weighted by Crippen LogP contribution is -1.98. The van der Waals surface area contributed by atoms with Gasteiger partial charge in [-0.15, -0.1) is 0 Å². The predicted molar refractivity (Wildman–Crippen MR) is 69.6 cm³/mol. The third-order valence-electron chi connectivity index (χ3n) is 2.43. The van der Waals surface area contributed by atoms with E-state index in [0.29, 0.717) is 5.75 Å². The molecule has 0 radical (unpaired) electrons. The minimum atomic E-state index is -3.93. The summed E-state index contributed by atoms with van der Waals surface area (Å²) in [5.41, 5.74) is -0.210. The number of rotatable bonds is 4. The molecule has 0 unspecified atom stereocenters. The number of halogens is 1. The SMILES string of the molecule is COc1ccc(S(=O)(=O)[N-]c2ccccc2F)cc1. The second kappa shape index (κ2) is 5.27. The molecular formula is C13H11FNO3S-. The standard InChI is InChI=1S/C13H11FNO3S/c1-18-10-6-8-11(9-7-10)19(16,17)15-13-5-3-2-4-12(13)14/h2-9H,1H3/q-1. The zero-order valence-corrected chi connectivity index (χ0v) is 10.9. The van der Waals surface area contributed by atoms with E-state index in [0.717, 1.165) is 6.07 Å². The zero-order chi connectivity index (χ0) is 13.9. The molecule has 0 saturated carbocycles. The van der Waals surface area contributed by atoms with Gasteiger partial charge in [0.15, 0.2) is 0 Å². The molecule has 0 aliphatic carbocycles. The Morgan fingerprint density at radius 3 is 2.26 bits per heavy atom. The molecule has 2 aromatic carbocycles. The van der Waals surface area contributed by atoms with E-state index in [1.807, 2.05) is 0 Å². The number of hydrogen-bond acceptors (Lipinski definition) is 3. The highest BCUT2D eigenvalue weighted by Gasteiger charge is 2.06. The van der Waals surface area contributed by atoms with Crippen LogP contribution in [0.4, 0.5) is 10.1 Å². The lowest BCUT2D eigenvalue weighted by molar-refractivity contribution is 0.414. The third-order valence-corrected chi connectivity index (χ3v) is 3.73. The van der Waals surface area contributed by atoms with Gasteiger partial charge in [-0.1, -0.05) is 23.9 Å². The number of methoxy groups -OCH3 is 1. The normalized spacial score (nSPS) is 11.1. The van der Waals surface area contributed by atoms with Crippen molar-refractivity contribution >= 4 is 15.7 Å². The number of benzene rings is 2. The molecular weight excluding hydrogens is 269 g/mol. The summed E-state index contributed by atoms with van der Waals surface area (Å²) in [5, 5.41) is 0. The van der Waals surface area contributed by atoms with Crippen LogP contribution in [-0.4, -0.2) is 15.5 Å². The van der Waals surface area contributed by atoms with E-state index < -0.39 is 15.8 Å². The molecule has 0 bridgehead atoms. The summed E-state index contributed by atoms with van der Waals surface area (Å²) in [6, 6.07) is 11.2. The molecule has 6 heteroatoms. The van der Waals surface area contributed by atoms with Crippen LogP contribution in [0.1, 0.15) is 0 Å². The molecule has 19 heavy (non-hydrogen) atoms. The van der Waals surface area contributed by atoms with E-state index in [-0.39, 0.29) is 10.6 Å². The van der Waals surface area contributed by atoms with Crippen molar-refractivity contribution in [3.8, 4) is 5.75 Å². The Morgan fingerprint density at radius 2 is 1.68 bits per heavy atom. The largest absolute Gasteiger partial charge is 0.570 e. The number of sulfonamides is 1. The first-order valence-electron chi connectivity index (χ1n) is 5.39. The Balaban J connectivity index is 2.30. The number of hydrogen-bond donors (Lipinski definition) is 0. The highest BCUT2D eigenvalue weighted by molar-refractivity contribution is 7.94. The van der Waals surface area contributed by atoms with Crippen LogP contribution in [0.15, 0.2) is 53.4 Å². The number of nitrogens with zero attached hydrogens (tertiary/aromatic N) is 1. The Bertz CT molecular complexity index is 669. The van der Waals surface area contributed by atoms with E-state index >= 15 is 0 Å². The van der Waals surface area contributed by atoms with Crippen LogP contribution in [0.25, 0.3) is 4.72 Å². The number of ether oxygens (including phenoxy) is 1. The van der Waals surface area contributed by atoms with Crippen LogP contribution in [0, 0.1) is 5.82 Å². The van der Waals surface area contributed by atoms with Crippen LogP contribution >= 0.6 is 0 Å². The minimum absolute atomic E-state index is 0.0171. The van der Waals surface area contributed by atoms with Crippen LogP contribution in [-0.2, 0) is 10.0 Å². The first-order valence-corrected chi connectivity index (χ1v) is 6.83. The van der Waals surface area contributed by atoms with Crippen molar-refractivity contribution in [2.45, 2.75) is 4.90 Å². The van der Waals surface area contributed by atoms with Gasteiger partial charge >= 0.3 is 0 Å². The van der Waals surface area contributed by atoms with E-state index in [2.05, 4.69) is 4.72 Å². The summed E-state index contributed by atoms with van der Waals surface area (Å²) in [5.74, 6) is -0.149. The highest BCUT2D eigenvalue weighted by atomic mass is 32.2. The first-order chi connectivity index (χ1) is 9.03. The second-order valence-corrected chi connectivity index (χ2v) is 5.30. The molecule has 100 valence electrons. The molecule has 0 atom stereocenters. The van der Waals surface area contributed by atoms with Gasteiger partial charge in [0.05, 0.1) is 12.0 Å². The summed E-state index contributed by atoms with van der Waals surface area (Å²) in [6.07, 6.45) is 0. The van der Waals surface area contributed by atoms with Crippen molar-refractivity contribution in [3.05, 3.63) is 59.1 Å². The summed E-state index contributed by atoms with van der Waals surface area (Å²) in [7, 11) is -2.45. The summed E-state index contributed by atoms with van der Waals surface area (Å²) in [6.45, 7) is 0. The van der Waals surface area contributed by atoms with Gasteiger partial charge in [0.25, 0.3) is 0 Å². The van der Waals surface area contributed by atoms with Crippen LogP contribution in [0.5, 0.6) is 5.75 Å². The van der Waals surface area contributed by atoms with Crippen LogP contribution in [0.2, 0.25) is 0 Å². The van der Waals surface area contributed by atoms with Gasteiger partial charge in [0.1, 0.15) is 21.6 Å². The van der Waals surface area contributed by atoms with Crippen molar-refractivity contribution in [1.29, 1.82) is 0 Å². The van der Waals surface area contributed by atoms with Crippen molar-refractivity contribution in [1.82, 2.24) is 0 Å². The zero-order valence-electron chi connectivity index (χ0n) is 10.1. The summed E-state index contributed by atoms with van der Waals surface area (Å²) < 4.78 is 45.7. The minimum Gasteiger partial charge on any atom is -0.570 e. The van der Waals surface area contributed by atoms with Crippen molar-refractivity contribution in [2.24, 2.45) is 0 Å². The van der Waals surface area contributed by atoms with E-state index in [1.54, 1.807) is 0 Å². The topological polar surface area (TPSA) is 57.5 Å². The molecule has 2 rings (SSSR count). The first kappa shape index (κ1) is 13.4. The van der Waals surface area contributed by atoms with Crippen molar-refractivity contribution in [2.75, 3.05) is 7.11 Å². The van der Waals surface area contributed by atoms with Crippen molar-refractivity contribution in [3.63, 3.8) is 0 Å². The fraction of sp³-hybridized carbons (Fsp3) is 0.0769. The van der Waals surface area contributed by atoms with E-state index in [1.165, 1.54) is 49.6 Å². The summed E-state index contributed by atoms with van der Waals surface area (Å²) in [4.78, 5) is -0.0171. The molecule has 0 aliphatic heterocycles. The van der Waals surface area contributed by atoms with Gasteiger partial charge in [-0.25, -0.2) is 12.8 Å². The van der Waals surface area contributed by atoms with Gasteiger partial charge < -0.3 is 9.46 Å². The smallest absolute Gasteiger partial charge is 0.123 e. The van der Waals surface area contributed by atoms with E-state index in [9.17, 15) is 12.8 Å². The maximum absolute atomic E-state index is 13.4. The molecule has 0 aromatic heterocycles. The summed E-state index contributed by atoms with van der Waals surface area (Å²) >= 11 is 0. The van der Waals surface area contributed by atoms with Gasteiger partial charge in [0, 0.05) is 0 Å². The molecule has 0 spiro atoms. The highest BCUT2D eigenvalue weighted by Crippen LogP contribution is 2.30. The molecule has 0 fully saturated rings. The molecule has 0 N–H and O–H groups in total. The van der Waals surface area contributed by atoms with Crippen LogP contribution in [0.3, 0.4) is 0 Å². The lowest BCUT2D eigenvalue weighted by atomic mass is 10.3. The maximum atomic E-state index is 13.4. The van der Waals surface area contributed by atoms with Gasteiger partial charge in [-0.2, -0.15) is 0 Å². The average Bonchev–Trinajstić information content (AvgIpc) is 2.41. The molecule has 0 saturated heterocycles. The third kappa shape index (κ3) is 3.03. The van der Waals surface area contributed by atoms with Gasteiger partial charge in [-0.05, 0) is 30.3 Å². The Labute approximate surface area is 110 Å². The van der Waals surface area contributed by atoms with Crippen molar-refractivity contribution < 1.29 is 17.5 Å². The van der Waals surface area contributed by atoms with Gasteiger partial charge in [0.2, 0.25) is 0 Å². The molecule has 2 aromatic rings. The fourth-order valence-electron chi connectivity index (χ4n) is 1.46. The molecule has 0 amide bonds. The predicted octanol–water partition coefficient (Wildman–Crippen LogP) is 3.23. The Hall–Kier alpha value is -2.08. The van der Waals surface area contributed by atoms with Gasteiger partial charge in [-0.3, -0.25) is 0 Å². The lowest BCUT2D eigenvalue weighted by Gasteiger charge is -2.22. The Morgan fingerprint density at radius 1 is 1.05 bits per heavy atom. The average molecular weight is 280 g/mol. The monoisotopic (exact) mass is 280 g/mol. The quantitative estimate of drug-likeness (QED) is 0.864. The molecule has 0 aliphatic rings. The fourth-order valence-corrected chi connectivity index (χ4v) is 2.45. The van der Waals surface area contributed by atoms with Crippen LogP contribution < -0.4 is 4.74 Å².